The van der Waals surface area contributed by atoms with Crippen LogP contribution >= 0.6 is 11.6 Å². The monoisotopic (exact) mass is 253 g/mol. The molecule has 0 bridgehead atoms. The zero-order chi connectivity index (χ0) is 12.3. The van der Waals surface area contributed by atoms with Gasteiger partial charge in [0.05, 0.1) is 0 Å². The highest BCUT2D eigenvalue weighted by molar-refractivity contribution is 6.29. The van der Waals surface area contributed by atoms with Gasteiger partial charge in [0.2, 0.25) is 5.95 Å². The lowest BCUT2D eigenvalue weighted by Crippen LogP contribution is -2.18. The summed E-state index contributed by atoms with van der Waals surface area (Å²) in [5.74, 6) is -0.103. The van der Waals surface area contributed by atoms with Gasteiger partial charge >= 0.3 is 6.18 Å². The first kappa shape index (κ1) is 13.0. The Balaban J connectivity index is 2.99. The quantitative estimate of drug-likeness (QED) is 0.840. The van der Waals surface area contributed by atoms with Crippen molar-refractivity contribution in [2.75, 3.05) is 5.32 Å². The molecule has 7 heteroatoms. The molecule has 0 radical (unpaired) electrons. The summed E-state index contributed by atoms with van der Waals surface area (Å²) >= 11 is 5.49. The van der Waals surface area contributed by atoms with Crippen LogP contribution in [0.4, 0.5) is 19.1 Å². The van der Waals surface area contributed by atoms with Gasteiger partial charge < -0.3 is 5.32 Å². The van der Waals surface area contributed by atoms with Gasteiger partial charge in [-0.05, 0) is 13.3 Å². The normalized spacial score (nSPS) is 13.6. The molecule has 1 unspecified atom stereocenters. The Bertz CT molecular complexity index is 368. The Kier molecular flexibility index (Phi) is 3.96. The molecule has 16 heavy (non-hydrogen) atoms. The number of hydrogen-bond donors (Lipinski definition) is 1. The number of hydrogen-bond acceptors (Lipinski definition) is 3. The molecule has 1 rings (SSSR count). The summed E-state index contributed by atoms with van der Waals surface area (Å²) in [5, 5.41) is 2.51. The highest BCUT2D eigenvalue weighted by Crippen LogP contribution is 2.29. The first-order valence-corrected chi connectivity index (χ1v) is 5.09. The molecule has 0 aliphatic heterocycles. The molecule has 1 N–H and O–H groups in total. The Hall–Kier alpha value is -1.04. The van der Waals surface area contributed by atoms with Gasteiger partial charge in [-0.1, -0.05) is 18.5 Å². The van der Waals surface area contributed by atoms with Crippen molar-refractivity contribution in [1.82, 2.24) is 9.97 Å². The van der Waals surface area contributed by atoms with E-state index in [0.29, 0.717) is 6.07 Å². The lowest BCUT2D eigenvalue weighted by molar-refractivity contribution is -0.141. The Morgan fingerprint density at radius 2 is 2.06 bits per heavy atom. The molecule has 0 saturated heterocycles. The minimum Gasteiger partial charge on any atom is -0.352 e. The van der Waals surface area contributed by atoms with Crippen LogP contribution in [0.15, 0.2) is 6.07 Å². The largest absolute Gasteiger partial charge is 0.433 e. The van der Waals surface area contributed by atoms with Crippen molar-refractivity contribution >= 4 is 17.5 Å². The summed E-state index contributed by atoms with van der Waals surface area (Å²) < 4.78 is 37.2. The van der Waals surface area contributed by atoms with Crippen molar-refractivity contribution < 1.29 is 13.2 Å². The minimum atomic E-state index is -4.52. The number of halogens is 4. The minimum absolute atomic E-state index is 0.0143. The third-order valence-corrected chi connectivity index (χ3v) is 2.17. The summed E-state index contributed by atoms with van der Waals surface area (Å²) in [6.07, 6.45) is -3.77. The molecule has 0 aliphatic rings. The van der Waals surface area contributed by atoms with E-state index in [4.69, 9.17) is 11.6 Å². The zero-order valence-electron chi connectivity index (χ0n) is 8.77. The SMILES string of the molecule is CCC(C)Nc1nc(Cl)cc(C(F)(F)F)n1. The average molecular weight is 254 g/mol. The van der Waals surface area contributed by atoms with Gasteiger partial charge in [-0.15, -0.1) is 0 Å². The number of alkyl halides is 3. The lowest BCUT2D eigenvalue weighted by atomic mass is 10.3. The molecule has 0 spiro atoms. The second-order valence-electron chi connectivity index (χ2n) is 3.35. The van der Waals surface area contributed by atoms with E-state index in [1.54, 1.807) is 0 Å². The van der Waals surface area contributed by atoms with E-state index < -0.39 is 11.9 Å². The van der Waals surface area contributed by atoms with Crippen LogP contribution in [-0.2, 0) is 6.18 Å². The Morgan fingerprint density at radius 3 is 2.56 bits per heavy atom. The molecule has 0 saturated carbocycles. The number of anilines is 1. The number of rotatable bonds is 3. The van der Waals surface area contributed by atoms with Crippen LogP contribution < -0.4 is 5.32 Å². The Labute approximate surface area is 96.0 Å². The first-order chi connectivity index (χ1) is 7.32. The van der Waals surface area contributed by atoms with Crippen molar-refractivity contribution in [2.45, 2.75) is 32.5 Å². The van der Waals surface area contributed by atoms with Crippen LogP contribution in [0.5, 0.6) is 0 Å². The van der Waals surface area contributed by atoms with Crippen molar-refractivity contribution in [3.63, 3.8) is 0 Å². The van der Waals surface area contributed by atoms with Gasteiger partial charge in [-0.3, -0.25) is 0 Å². The standard InChI is InChI=1S/C9H11ClF3N3/c1-3-5(2)14-8-15-6(9(11,12)13)4-7(10)16-8/h4-5H,3H2,1-2H3,(H,14,15,16). The van der Waals surface area contributed by atoms with E-state index in [2.05, 4.69) is 15.3 Å². The molecule has 1 atom stereocenters. The van der Waals surface area contributed by atoms with Gasteiger partial charge in [-0.25, -0.2) is 9.97 Å². The van der Waals surface area contributed by atoms with Crippen LogP contribution in [0.1, 0.15) is 26.0 Å². The number of aromatic nitrogens is 2. The topological polar surface area (TPSA) is 37.8 Å². The van der Waals surface area contributed by atoms with Crippen molar-refractivity contribution in [3.05, 3.63) is 16.9 Å². The van der Waals surface area contributed by atoms with Crippen molar-refractivity contribution in [1.29, 1.82) is 0 Å². The third kappa shape index (κ3) is 3.52. The summed E-state index contributed by atoms with van der Waals surface area (Å²) in [5.41, 5.74) is -1.04. The van der Waals surface area contributed by atoms with E-state index in [1.165, 1.54) is 0 Å². The fraction of sp³-hybridized carbons (Fsp3) is 0.556. The predicted octanol–water partition coefficient (Wildman–Crippen LogP) is 3.36. The summed E-state index contributed by atoms with van der Waals surface area (Å²) in [7, 11) is 0. The van der Waals surface area contributed by atoms with E-state index in [-0.39, 0.29) is 17.1 Å². The van der Waals surface area contributed by atoms with E-state index in [9.17, 15) is 13.2 Å². The summed E-state index contributed by atoms with van der Waals surface area (Å²) in [6.45, 7) is 3.71. The van der Waals surface area contributed by atoms with Gasteiger partial charge in [0.1, 0.15) is 5.15 Å². The van der Waals surface area contributed by atoms with Gasteiger partial charge in [-0.2, -0.15) is 13.2 Å². The van der Waals surface area contributed by atoms with Gasteiger partial charge in [0.15, 0.2) is 5.69 Å². The zero-order valence-corrected chi connectivity index (χ0v) is 9.52. The fourth-order valence-electron chi connectivity index (χ4n) is 0.950. The molecule has 90 valence electrons. The maximum Gasteiger partial charge on any atom is 0.433 e. The van der Waals surface area contributed by atoms with Crippen LogP contribution in [0, 0.1) is 0 Å². The van der Waals surface area contributed by atoms with Crippen molar-refractivity contribution in [3.8, 4) is 0 Å². The molecule has 0 aliphatic carbocycles. The van der Waals surface area contributed by atoms with Crippen LogP contribution in [0.25, 0.3) is 0 Å². The fourth-order valence-corrected chi connectivity index (χ4v) is 1.13. The average Bonchev–Trinajstić information content (AvgIpc) is 2.15. The summed E-state index contributed by atoms with van der Waals surface area (Å²) in [4.78, 5) is 7.04. The highest BCUT2D eigenvalue weighted by Gasteiger charge is 2.33. The number of nitrogens with one attached hydrogen (secondary N) is 1. The Morgan fingerprint density at radius 1 is 1.44 bits per heavy atom. The molecule has 0 amide bonds. The number of nitrogens with zero attached hydrogens (tertiary/aromatic N) is 2. The van der Waals surface area contributed by atoms with Crippen molar-refractivity contribution in [2.24, 2.45) is 0 Å². The molecular formula is C9H11ClF3N3. The smallest absolute Gasteiger partial charge is 0.352 e. The second kappa shape index (κ2) is 4.86. The molecule has 1 heterocycles. The van der Waals surface area contributed by atoms with E-state index in [1.807, 2.05) is 13.8 Å². The molecule has 1 aromatic heterocycles. The van der Waals surface area contributed by atoms with Crippen LogP contribution in [0.3, 0.4) is 0 Å². The third-order valence-electron chi connectivity index (χ3n) is 1.97. The molecular weight excluding hydrogens is 243 g/mol. The maximum atomic E-state index is 12.4. The lowest BCUT2D eigenvalue weighted by Gasteiger charge is -2.13. The first-order valence-electron chi connectivity index (χ1n) is 4.71. The van der Waals surface area contributed by atoms with Gasteiger partial charge in [0.25, 0.3) is 0 Å². The molecule has 0 fully saturated rings. The van der Waals surface area contributed by atoms with E-state index >= 15 is 0 Å². The summed E-state index contributed by atoms with van der Waals surface area (Å²) in [6, 6.07) is 0.683. The molecule has 1 aromatic rings. The van der Waals surface area contributed by atoms with Gasteiger partial charge in [0, 0.05) is 12.1 Å². The second-order valence-corrected chi connectivity index (χ2v) is 3.74. The maximum absolute atomic E-state index is 12.4. The highest BCUT2D eigenvalue weighted by atomic mass is 35.5. The molecule has 3 nitrogen and oxygen atoms in total. The molecule has 0 aromatic carbocycles. The predicted molar refractivity (Wildman–Crippen MR) is 55.4 cm³/mol. The van der Waals surface area contributed by atoms with Crippen LogP contribution in [0.2, 0.25) is 5.15 Å². The van der Waals surface area contributed by atoms with E-state index in [0.717, 1.165) is 6.42 Å². The van der Waals surface area contributed by atoms with Crippen LogP contribution in [-0.4, -0.2) is 16.0 Å².